The van der Waals surface area contributed by atoms with E-state index in [0.717, 1.165) is 5.56 Å². The Balaban J connectivity index is 1.67. The molecule has 2 aromatic heterocycles. The van der Waals surface area contributed by atoms with Crippen LogP contribution in [0.2, 0.25) is 5.02 Å². The van der Waals surface area contributed by atoms with Gasteiger partial charge in [0.05, 0.1) is 0 Å². The second-order valence-corrected chi connectivity index (χ2v) is 5.62. The van der Waals surface area contributed by atoms with Crippen LogP contribution in [0.4, 0.5) is 5.69 Å². The molecule has 126 valence electrons. The third-order valence-corrected chi connectivity index (χ3v) is 3.62. The van der Waals surface area contributed by atoms with Crippen LogP contribution in [0.15, 0.2) is 65.8 Å². The monoisotopic (exact) mass is 355 g/mol. The van der Waals surface area contributed by atoms with Crippen LogP contribution in [0.3, 0.4) is 0 Å². The Morgan fingerprint density at radius 2 is 1.88 bits per heavy atom. The van der Waals surface area contributed by atoms with Crippen molar-refractivity contribution in [3.8, 4) is 5.75 Å². The second-order valence-electron chi connectivity index (χ2n) is 5.18. The molecule has 0 bridgehead atoms. The molecule has 0 fully saturated rings. The summed E-state index contributed by atoms with van der Waals surface area (Å²) in [7, 11) is 0. The summed E-state index contributed by atoms with van der Waals surface area (Å²) < 4.78 is 5.49. The first-order chi connectivity index (χ1) is 12.1. The van der Waals surface area contributed by atoms with Crippen molar-refractivity contribution in [2.24, 2.45) is 0 Å². The zero-order valence-corrected chi connectivity index (χ0v) is 13.8. The SMILES string of the molecule is O=C(Nc1ccncc1)c1cc(=O)c(OCc2ccc(Cl)cc2)c[nH]1. The zero-order chi connectivity index (χ0) is 17.6. The van der Waals surface area contributed by atoms with Crippen LogP contribution in [-0.4, -0.2) is 15.9 Å². The first kappa shape index (κ1) is 16.7. The van der Waals surface area contributed by atoms with E-state index < -0.39 is 5.91 Å². The predicted molar refractivity (Wildman–Crippen MR) is 95.0 cm³/mol. The molecule has 0 saturated carbocycles. The van der Waals surface area contributed by atoms with E-state index in [-0.39, 0.29) is 23.5 Å². The van der Waals surface area contributed by atoms with Crippen LogP contribution >= 0.6 is 11.6 Å². The molecular weight excluding hydrogens is 342 g/mol. The molecule has 2 N–H and O–H groups in total. The van der Waals surface area contributed by atoms with Crippen LogP contribution in [0, 0.1) is 0 Å². The number of H-pyrrole nitrogens is 1. The van der Waals surface area contributed by atoms with Gasteiger partial charge >= 0.3 is 0 Å². The summed E-state index contributed by atoms with van der Waals surface area (Å²) >= 11 is 5.82. The highest BCUT2D eigenvalue weighted by molar-refractivity contribution is 6.30. The number of carbonyl (C=O) groups is 1. The molecular formula is C18H14ClN3O3. The Morgan fingerprint density at radius 3 is 2.56 bits per heavy atom. The molecule has 25 heavy (non-hydrogen) atoms. The minimum Gasteiger partial charge on any atom is -0.483 e. The second kappa shape index (κ2) is 7.63. The van der Waals surface area contributed by atoms with Gasteiger partial charge in [0.1, 0.15) is 12.3 Å². The van der Waals surface area contributed by atoms with Gasteiger partial charge in [-0.05, 0) is 29.8 Å². The maximum Gasteiger partial charge on any atom is 0.272 e. The fourth-order valence-corrected chi connectivity index (χ4v) is 2.20. The quantitative estimate of drug-likeness (QED) is 0.735. The van der Waals surface area contributed by atoms with E-state index in [0.29, 0.717) is 10.7 Å². The molecule has 1 aromatic carbocycles. The third-order valence-electron chi connectivity index (χ3n) is 3.37. The van der Waals surface area contributed by atoms with Crippen LogP contribution < -0.4 is 15.5 Å². The summed E-state index contributed by atoms with van der Waals surface area (Å²) in [6.45, 7) is 0.225. The number of carbonyl (C=O) groups excluding carboxylic acids is 1. The summed E-state index contributed by atoms with van der Waals surface area (Å²) in [6.07, 6.45) is 4.50. The summed E-state index contributed by atoms with van der Waals surface area (Å²) in [6, 6.07) is 11.6. The number of anilines is 1. The Labute approximate surface area is 148 Å². The van der Waals surface area contributed by atoms with Crippen LogP contribution in [0.5, 0.6) is 5.75 Å². The molecule has 0 aliphatic heterocycles. The summed E-state index contributed by atoms with van der Waals surface area (Å²) in [4.78, 5) is 30.9. The average Bonchev–Trinajstić information content (AvgIpc) is 2.63. The molecule has 1 amide bonds. The van der Waals surface area contributed by atoms with Gasteiger partial charge in [0, 0.05) is 35.4 Å². The smallest absolute Gasteiger partial charge is 0.272 e. The van der Waals surface area contributed by atoms with Crippen molar-refractivity contribution < 1.29 is 9.53 Å². The van der Waals surface area contributed by atoms with Crippen molar-refractivity contribution >= 4 is 23.2 Å². The predicted octanol–water partition coefficient (Wildman–Crippen LogP) is 3.25. The van der Waals surface area contributed by atoms with E-state index in [1.165, 1.54) is 12.3 Å². The van der Waals surface area contributed by atoms with E-state index in [1.54, 1.807) is 36.7 Å². The number of nitrogens with one attached hydrogen (secondary N) is 2. The molecule has 0 unspecified atom stereocenters. The molecule has 6 nitrogen and oxygen atoms in total. The van der Waals surface area contributed by atoms with Crippen molar-refractivity contribution in [1.29, 1.82) is 0 Å². The van der Waals surface area contributed by atoms with Crippen molar-refractivity contribution in [2.45, 2.75) is 6.61 Å². The Hall–Kier alpha value is -3.12. The normalized spacial score (nSPS) is 10.3. The molecule has 3 rings (SSSR count). The van der Waals surface area contributed by atoms with E-state index in [1.807, 2.05) is 12.1 Å². The van der Waals surface area contributed by atoms with Crippen molar-refractivity contribution in [3.63, 3.8) is 0 Å². The first-order valence-electron chi connectivity index (χ1n) is 7.43. The topological polar surface area (TPSA) is 84.1 Å². The van der Waals surface area contributed by atoms with Crippen molar-refractivity contribution in [1.82, 2.24) is 9.97 Å². The van der Waals surface area contributed by atoms with Crippen LogP contribution in [0.25, 0.3) is 0 Å². The van der Waals surface area contributed by atoms with Gasteiger partial charge in [0.2, 0.25) is 5.43 Å². The highest BCUT2D eigenvalue weighted by Gasteiger charge is 2.10. The number of rotatable bonds is 5. The number of nitrogens with zero attached hydrogens (tertiary/aromatic N) is 1. The van der Waals surface area contributed by atoms with Gasteiger partial charge in [-0.2, -0.15) is 0 Å². The molecule has 0 radical (unpaired) electrons. The fraction of sp³-hybridized carbons (Fsp3) is 0.0556. The maximum absolute atomic E-state index is 12.1. The Morgan fingerprint density at radius 1 is 1.16 bits per heavy atom. The Bertz CT molecular complexity index is 924. The zero-order valence-electron chi connectivity index (χ0n) is 13.0. The van der Waals surface area contributed by atoms with Crippen molar-refractivity contribution in [2.75, 3.05) is 5.32 Å². The first-order valence-corrected chi connectivity index (χ1v) is 7.81. The van der Waals surface area contributed by atoms with E-state index >= 15 is 0 Å². The number of aromatic nitrogens is 2. The third kappa shape index (κ3) is 4.45. The highest BCUT2D eigenvalue weighted by Crippen LogP contribution is 2.12. The lowest BCUT2D eigenvalue weighted by Crippen LogP contribution is -2.17. The lowest BCUT2D eigenvalue weighted by atomic mass is 10.2. The number of ether oxygens (including phenoxy) is 1. The largest absolute Gasteiger partial charge is 0.483 e. The molecule has 3 aromatic rings. The molecule has 7 heteroatoms. The highest BCUT2D eigenvalue weighted by atomic mass is 35.5. The van der Waals surface area contributed by atoms with Gasteiger partial charge in [0.25, 0.3) is 5.91 Å². The standard InChI is InChI=1S/C18H14ClN3O3/c19-13-3-1-12(2-4-13)11-25-17-10-21-15(9-16(17)23)18(24)22-14-5-7-20-8-6-14/h1-10H,11H2,(H,21,23)(H,20,22,24). The number of amides is 1. The molecule has 2 heterocycles. The van der Waals surface area contributed by atoms with E-state index in [2.05, 4.69) is 15.3 Å². The number of pyridine rings is 2. The summed E-state index contributed by atoms with van der Waals surface area (Å²) in [5.41, 5.74) is 1.22. The molecule has 0 atom stereocenters. The van der Waals surface area contributed by atoms with Crippen LogP contribution in [-0.2, 0) is 6.61 Å². The van der Waals surface area contributed by atoms with E-state index in [9.17, 15) is 9.59 Å². The van der Waals surface area contributed by atoms with Gasteiger partial charge in [-0.1, -0.05) is 23.7 Å². The van der Waals surface area contributed by atoms with Crippen molar-refractivity contribution in [3.05, 3.63) is 87.6 Å². The molecule has 0 saturated heterocycles. The Kier molecular flexibility index (Phi) is 5.11. The number of benzene rings is 1. The number of halogens is 1. The number of hydrogen-bond donors (Lipinski definition) is 2. The minimum atomic E-state index is -0.424. The average molecular weight is 356 g/mol. The maximum atomic E-state index is 12.1. The minimum absolute atomic E-state index is 0.135. The van der Waals surface area contributed by atoms with Crippen LogP contribution in [0.1, 0.15) is 16.1 Å². The molecule has 0 spiro atoms. The number of aromatic amines is 1. The van der Waals surface area contributed by atoms with Gasteiger partial charge in [-0.25, -0.2) is 0 Å². The lowest BCUT2D eigenvalue weighted by Gasteiger charge is -2.08. The van der Waals surface area contributed by atoms with Gasteiger partial charge in [-0.3, -0.25) is 14.6 Å². The van der Waals surface area contributed by atoms with Gasteiger partial charge in [-0.15, -0.1) is 0 Å². The van der Waals surface area contributed by atoms with Gasteiger partial charge in [0.15, 0.2) is 5.75 Å². The lowest BCUT2D eigenvalue weighted by molar-refractivity contribution is 0.102. The van der Waals surface area contributed by atoms with E-state index in [4.69, 9.17) is 16.3 Å². The van der Waals surface area contributed by atoms with Gasteiger partial charge < -0.3 is 15.0 Å². The summed E-state index contributed by atoms with van der Waals surface area (Å²) in [5.74, 6) is -0.289. The fourth-order valence-electron chi connectivity index (χ4n) is 2.08. The number of hydrogen-bond acceptors (Lipinski definition) is 4. The molecule has 0 aliphatic rings. The molecule has 0 aliphatic carbocycles. The summed E-state index contributed by atoms with van der Waals surface area (Å²) in [5, 5.41) is 3.30.